The predicted molar refractivity (Wildman–Crippen MR) is 52.1 cm³/mol. The van der Waals surface area contributed by atoms with Gasteiger partial charge in [0, 0.05) is 5.75 Å². The van der Waals surface area contributed by atoms with Crippen molar-refractivity contribution in [2.45, 2.75) is 6.42 Å². The van der Waals surface area contributed by atoms with E-state index in [1.54, 1.807) is 0 Å². The lowest BCUT2D eigenvalue weighted by atomic mass is 10.6. The third kappa shape index (κ3) is 6.99. The average molecular weight is 216 g/mol. The van der Waals surface area contributed by atoms with Crippen molar-refractivity contribution in [2.24, 2.45) is 0 Å². The number of thiol groups is 2. The van der Waals surface area contributed by atoms with E-state index in [2.05, 4.69) is 29.4 Å². The van der Waals surface area contributed by atoms with Crippen LogP contribution in [0.3, 0.4) is 0 Å². The van der Waals surface area contributed by atoms with E-state index in [1.165, 1.54) is 0 Å². The van der Waals surface area contributed by atoms with Gasteiger partial charge in [-0.15, -0.1) is 0 Å². The first kappa shape index (κ1) is 11.6. The fourth-order valence-electron chi connectivity index (χ4n) is 0.464. The number of hydrogen-bond donors (Lipinski definition) is 2. The summed E-state index contributed by atoms with van der Waals surface area (Å²) in [6, 6.07) is 0. The third-order valence-corrected chi connectivity index (χ3v) is 2.72. The van der Waals surface area contributed by atoms with Crippen molar-refractivity contribution in [1.82, 2.24) is 0 Å². The van der Waals surface area contributed by atoms with Crippen molar-refractivity contribution >= 4 is 35.4 Å². The Morgan fingerprint density at radius 1 is 1.18 bits per heavy atom. The van der Waals surface area contributed by atoms with E-state index in [-0.39, 0.29) is 12.4 Å². The summed E-state index contributed by atoms with van der Waals surface area (Å²) >= 11 is 7.71. The molecule has 0 amide bonds. The second-order valence-electron chi connectivity index (χ2n) is 1.88. The Morgan fingerprint density at radius 3 is 2.27 bits per heavy atom. The van der Waals surface area contributed by atoms with Gasteiger partial charge in [-0.2, -0.15) is 33.7 Å². The zero-order valence-electron chi connectivity index (χ0n) is 6.06. The summed E-state index contributed by atoms with van der Waals surface area (Å²) in [5, 5.41) is 0. The molecular formula is C5H12O3S3. The Kier molecular flexibility index (Phi) is 6.50. The van der Waals surface area contributed by atoms with E-state index in [1.807, 2.05) is 0 Å². The molecule has 3 nitrogen and oxygen atoms in total. The summed E-state index contributed by atoms with van der Waals surface area (Å²) in [5.74, 6) is 1.02. The summed E-state index contributed by atoms with van der Waals surface area (Å²) in [5.41, 5.74) is 0. The van der Waals surface area contributed by atoms with Crippen molar-refractivity contribution < 1.29 is 12.6 Å². The maximum atomic E-state index is 10.9. The van der Waals surface area contributed by atoms with Crippen LogP contribution in [-0.4, -0.2) is 32.3 Å². The van der Waals surface area contributed by atoms with Crippen LogP contribution in [0.4, 0.5) is 0 Å². The Hall–Kier alpha value is 0.610. The lowest BCUT2D eigenvalue weighted by molar-refractivity contribution is 0.341. The van der Waals surface area contributed by atoms with Crippen LogP contribution < -0.4 is 0 Å². The summed E-state index contributed by atoms with van der Waals surface area (Å²) < 4.78 is 26.3. The standard InChI is InChI=1S/C5H12O3S3/c6-11(7,5-1-3-9)8-2-4-10/h9-10H,1-5H2. The molecule has 0 radical (unpaired) electrons. The second-order valence-corrected chi connectivity index (χ2v) is 4.54. The molecule has 0 heterocycles. The fourth-order valence-corrected chi connectivity index (χ4v) is 2.00. The van der Waals surface area contributed by atoms with Gasteiger partial charge in [-0.1, -0.05) is 0 Å². The first-order valence-electron chi connectivity index (χ1n) is 3.21. The molecule has 0 saturated heterocycles. The van der Waals surface area contributed by atoms with Gasteiger partial charge in [0.15, 0.2) is 0 Å². The van der Waals surface area contributed by atoms with Crippen molar-refractivity contribution in [3.05, 3.63) is 0 Å². The summed E-state index contributed by atoms with van der Waals surface area (Å²) in [4.78, 5) is 0. The molecule has 0 fully saturated rings. The van der Waals surface area contributed by atoms with Gasteiger partial charge < -0.3 is 0 Å². The van der Waals surface area contributed by atoms with Crippen LogP contribution in [0.5, 0.6) is 0 Å². The Morgan fingerprint density at radius 2 is 1.82 bits per heavy atom. The predicted octanol–water partition coefficient (Wildman–Crippen LogP) is 0.583. The molecule has 0 N–H and O–H groups in total. The monoisotopic (exact) mass is 216 g/mol. The molecule has 6 heteroatoms. The maximum Gasteiger partial charge on any atom is 0.267 e. The molecule has 0 aliphatic heterocycles. The SMILES string of the molecule is O=S(=O)(CCCS)OCCS. The highest BCUT2D eigenvalue weighted by molar-refractivity contribution is 7.86. The Balaban J connectivity index is 3.63. The van der Waals surface area contributed by atoms with Gasteiger partial charge in [-0.05, 0) is 12.2 Å². The van der Waals surface area contributed by atoms with Gasteiger partial charge in [0.05, 0.1) is 12.4 Å². The molecule has 0 spiro atoms. The first-order chi connectivity index (χ1) is 5.12. The normalized spacial score (nSPS) is 11.8. The molecule has 0 aromatic heterocycles. The molecule has 0 unspecified atom stereocenters. The van der Waals surface area contributed by atoms with Crippen LogP contribution in [0.2, 0.25) is 0 Å². The molecule has 0 aromatic rings. The van der Waals surface area contributed by atoms with E-state index in [4.69, 9.17) is 0 Å². The van der Waals surface area contributed by atoms with Crippen molar-refractivity contribution in [3.63, 3.8) is 0 Å². The lowest BCUT2D eigenvalue weighted by Crippen LogP contribution is -2.12. The van der Waals surface area contributed by atoms with Gasteiger partial charge in [0.1, 0.15) is 0 Å². The van der Waals surface area contributed by atoms with Crippen LogP contribution in [0.25, 0.3) is 0 Å². The zero-order chi connectivity index (χ0) is 8.74. The van der Waals surface area contributed by atoms with E-state index in [9.17, 15) is 8.42 Å². The maximum absolute atomic E-state index is 10.9. The van der Waals surface area contributed by atoms with Crippen molar-refractivity contribution in [3.8, 4) is 0 Å². The van der Waals surface area contributed by atoms with Gasteiger partial charge >= 0.3 is 0 Å². The molecule has 11 heavy (non-hydrogen) atoms. The van der Waals surface area contributed by atoms with Crippen molar-refractivity contribution in [1.29, 1.82) is 0 Å². The molecule has 0 saturated carbocycles. The Bertz CT molecular complexity index is 161. The minimum atomic E-state index is -3.30. The topological polar surface area (TPSA) is 43.4 Å². The number of rotatable bonds is 6. The van der Waals surface area contributed by atoms with Crippen LogP contribution >= 0.6 is 25.3 Å². The molecule has 0 aromatic carbocycles. The molecule has 0 aliphatic carbocycles. The summed E-state index contributed by atoms with van der Waals surface area (Å²) in [6.45, 7) is 0.151. The Labute approximate surface area is 78.5 Å². The minimum absolute atomic E-state index is 0.0459. The molecular weight excluding hydrogens is 204 g/mol. The van der Waals surface area contributed by atoms with Crippen molar-refractivity contribution in [2.75, 3.05) is 23.9 Å². The average Bonchev–Trinajstić information content (AvgIpc) is 1.97. The van der Waals surface area contributed by atoms with Crippen LogP contribution in [-0.2, 0) is 14.3 Å². The smallest absolute Gasteiger partial charge is 0.267 e. The van der Waals surface area contributed by atoms with E-state index in [0.717, 1.165) is 0 Å². The number of hydrogen-bond acceptors (Lipinski definition) is 5. The van der Waals surface area contributed by atoms with Gasteiger partial charge in [0.25, 0.3) is 10.1 Å². The molecule has 0 atom stereocenters. The second kappa shape index (κ2) is 6.16. The summed E-state index contributed by atoms with van der Waals surface area (Å²) in [6.07, 6.45) is 0.526. The lowest BCUT2D eigenvalue weighted by Gasteiger charge is -2.01. The van der Waals surface area contributed by atoms with Gasteiger partial charge in [-0.25, -0.2) is 0 Å². The van der Waals surface area contributed by atoms with E-state index in [0.29, 0.717) is 17.9 Å². The first-order valence-corrected chi connectivity index (χ1v) is 6.05. The van der Waals surface area contributed by atoms with Gasteiger partial charge in [-0.3, -0.25) is 4.18 Å². The quantitative estimate of drug-likeness (QED) is 0.504. The molecule has 0 bridgehead atoms. The van der Waals surface area contributed by atoms with E-state index < -0.39 is 10.1 Å². The highest BCUT2D eigenvalue weighted by atomic mass is 32.2. The highest BCUT2D eigenvalue weighted by Gasteiger charge is 2.08. The fraction of sp³-hybridized carbons (Fsp3) is 1.00. The molecule has 0 aliphatic rings. The summed E-state index contributed by atoms with van der Waals surface area (Å²) in [7, 11) is -3.30. The largest absolute Gasteiger partial charge is 0.269 e. The van der Waals surface area contributed by atoms with E-state index >= 15 is 0 Å². The third-order valence-electron chi connectivity index (χ3n) is 0.907. The minimum Gasteiger partial charge on any atom is -0.269 e. The van der Waals surface area contributed by atoms with Crippen LogP contribution in [0.1, 0.15) is 6.42 Å². The highest BCUT2D eigenvalue weighted by Crippen LogP contribution is 1.97. The van der Waals surface area contributed by atoms with Gasteiger partial charge in [0.2, 0.25) is 0 Å². The molecule has 0 rings (SSSR count). The zero-order valence-corrected chi connectivity index (χ0v) is 8.67. The van der Waals surface area contributed by atoms with Crippen LogP contribution in [0.15, 0.2) is 0 Å². The molecule has 68 valence electrons. The van der Waals surface area contributed by atoms with Crippen LogP contribution in [0, 0.1) is 0 Å².